The highest BCUT2D eigenvalue weighted by Gasteiger charge is 2.26. The molecule has 0 unspecified atom stereocenters. The van der Waals surface area contributed by atoms with Crippen LogP contribution in [0.15, 0.2) is 55.0 Å². The van der Waals surface area contributed by atoms with Gasteiger partial charge in [0.05, 0.1) is 12.2 Å². The van der Waals surface area contributed by atoms with Gasteiger partial charge in [-0.3, -0.25) is 9.67 Å². The van der Waals surface area contributed by atoms with Gasteiger partial charge in [0.25, 0.3) is 0 Å². The maximum Gasteiger partial charge on any atom is 0.101 e. The largest absolute Gasteiger partial charge is 0.361 e. The van der Waals surface area contributed by atoms with Crippen LogP contribution in [0.25, 0.3) is 33.3 Å². The van der Waals surface area contributed by atoms with Gasteiger partial charge in [-0.2, -0.15) is 5.10 Å². The molecule has 4 aromatic rings. The third kappa shape index (κ3) is 2.27. The third-order valence-corrected chi connectivity index (χ3v) is 4.97. The van der Waals surface area contributed by atoms with E-state index in [0.717, 1.165) is 35.4 Å². The standard InChI is InChI=1S/C20H19N5/c1-13-20-18(15-4-7-21-8-5-15)19(24-25(20)11-10-22-13)16-3-2-14-6-9-23-17(14)12-16/h2-9,12-13,22-23H,10-11H2,1H3/t13-/m1/s1. The van der Waals surface area contributed by atoms with E-state index < -0.39 is 0 Å². The monoisotopic (exact) mass is 329 g/mol. The Morgan fingerprint density at radius 3 is 2.84 bits per heavy atom. The average molecular weight is 329 g/mol. The number of fused-ring (bicyclic) bond motifs is 2. The molecule has 1 aliphatic rings. The second kappa shape index (κ2) is 5.57. The molecule has 0 saturated heterocycles. The molecule has 0 saturated carbocycles. The van der Waals surface area contributed by atoms with Crippen LogP contribution in [0.5, 0.6) is 0 Å². The number of hydrogen-bond donors (Lipinski definition) is 2. The number of nitrogens with one attached hydrogen (secondary N) is 2. The molecule has 5 nitrogen and oxygen atoms in total. The highest BCUT2D eigenvalue weighted by atomic mass is 15.3. The molecule has 4 heterocycles. The van der Waals surface area contributed by atoms with Crippen LogP contribution in [-0.4, -0.2) is 26.3 Å². The zero-order valence-electron chi connectivity index (χ0n) is 14.0. The number of aromatic amines is 1. The fourth-order valence-electron chi connectivity index (χ4n) is 3.77. The lowest BCUT2D eigenvalue weighted by Crippen LogP contribution is -2.32. The summed E-state index contributed by atoms with van der Waals surface area (Å²) in [5, 5.41) is 9.75. The van der Waals surface area contributed by atoms with Gasteiger partial charge in [-0.15, -0.1) is 0 Å². The topological polar surface area (TPSA) is 58.5 Å². The maximum atomic E-state index is 4.98. The molecule has 1 aliphatic heterocycles. The Balaban J connectivity index is 1.78. The molecule has 2 N–H and O–H groups in total. The van der Waals surface area contributed by atoms with E-state index in [4.69, 9.17) is 5.10 Å². The van der Waals surface area contributed by atoms with Gasteiger partial charge in [0.2, 0.25) is 0 Å². The van der Waals surface area contributed by atoms with Crippen molar-refractivity contribution in [3.8, 4) is 22.4 Å². The number of aromatic nitrogens is 4. The van der Waals surface area contributed by atoms with E-state index >= 15 is 0 Å². The first-order valence-corrected chi connectivity index (χ1v) is 8.63. The molecule has 0 spiro atoms. The minimum absolute atomic E-state index is 0.271. The van der Waals surface area contributed by atoms with Crippen LogP contribution in [0.1, 0.15) is 18.7 Å². The van der Waals surface area contributed by atoms with Gasteiger partial charge in [-0.05, 0) is 42.1 Å². The SMILES string of the molecule is C[C@H]1NCCn2nc(-c3ccc4cc[nH]c4c3)c(-c3ccncc3)c21. The van der Waals surface area contributed by atoms with Gasteiger partial charge in [-0.1, -0.05) is 12.1 Å². The fourth-order valence-corrected chi connectivity index (χ4v) is 3.77. The van der Waals surface area contributed by atoms with E-state index in [-0.39, 0.29) is 6.04 Å². The molecule has 5 rings (SSSR count). The van der Waals surface area contributed by atoms with Gasteiger partial charge in [0, 0.05) is 47.8 Å². The first-order valence-electron chi connectivity index (χ1n) is 8.63. The lowest BCUT2D eigenvalue weighted by molar-refractivity contribution is 0.421. The first kappa shape index (κ1) is 14.4. The van der Waals surface area contributed by atoms with Crippen LogP contribution < -0.4 is 5.32 Å². The Bertz CT molecular complexity index is 1040. The fraction of sp³-hybridized carbons (Fsp3) is 0.200. The average Bonchev–Trinajstić information content (AvgIpc) is 3.26. The number of H-pyrrole nitrogens is 1. The third-order valence-electron chi connectivity index (χ3n) is 4.97. The van der Waals surface area contributed by atoms with Crippen LogP contribution in [-0.2, 0) is 6.54 Å². The van der Waals surface area contributed by atoms with Crippen molar-refractivity contribution >= 4 is 10.9 Å². The summed E-state index contributed by atoms with van der Waals surface area (Å²) >= 11 is 0. The quantitative estimate of drug-likeness (QED) is 0.589. The van der Waals surface area contributed by atoms with Crippen LogP contribution in [0.4, 0.5) is 0 Å². The number of benzene rings is 1. The van der Waals surface area contributed by atoms with Gasteiger partial charge in [-0.25, -0.2) is 0 Å². The van der Waals surface area contributed by atoms with Gasteiger partial charge in [0.1, 0.15) is 5.69 Å². The highest BCUT2D eigenvalue weighted by molar-refractivity contribution is 5.89. The van der Waals surface area contributed by atoms with E-state index in [1.54, 1.807) is 0 Å². The van der Waals surface area contributed by atoms with Gasteiger partial charge < -0.3 is 10.3 Å². The van der Waals surface area contributed by atoms with E-state index in [1.807, 2.05) is 18.6 Å². The zero-order chi connectivity index (χ0) is 16.8. The Morgan fingerprint density at radius 2 is 1.96 bits per heavy atom. The summed E-state index contributed by atoms with van der Waals surface area (Å²) in [4.78, 5) is 7.48. The lowest BCUT2D eigenvalue weighted by Gasteiger charge is -2.23. The molecule has 1 aromatic carbocycles. The summed E-state index contributed by atoms with van der Waals surface area (Å²) in [7, 11) is 0. The minimum atomic E-state index is 0.271. The Kier molecular flexibility index (Phi) is 3.21. The first-order chi connectivity index (χ1) is 12.3. The zero-order valence-corrected chi connectivity index (χ0v) is 14.0. The van der Waals surface area contributed by atoms with Crippen molar-refractivity contribution in [2.75, 3.05) is 6.54 Å². The maximum absolute atomic E-state index is 4.98. The molecule has 0 fully saturated rings. The second-order valence-electron chi connectivity index (χ2n) is 6.52. The van der Waals surface area contributed by atoms with Crippen LogP contribution in [0.2, 0.25) is 0 Å². The molecule has 5 heteroatoms. The predicted octanol–water partition coefficient (Wildman–Crippen LogP) is 3.76. The van der Waals surface area contributed by atoms with Crippen molar-refractivity contribution in [1.82, 2.24) is 25.1 Å². The number of pyridine rings is 1. The van der Waals surface area contributed by atoms with Crippen molar-refractivity contribution in [3.63, 3.8) is 0 Å². The second-order valence-corrected chi connectivity index (χ2v) is 6.52. The molecule has 124 valence electrons. The van der Waals surface area contributed by atoms with Crippen LogP contribution >= 0.6 is 0 Å². The number of nitrogens with zero attached hydrogens (tertiary/aromatic N) is 3. The van der Waals surface area contributed by atoms with Crippen molar-refractivity contribution < 1.29 is 0 Å². The molecule has 25 heavy (non-hydrogen) atoms. The highest BCUT2D eigenvalue weighted by Crippen LogP contribution is 2.38. The van der Waals surface area contributed by atoms with Gasteiger partial charge >= 0.3 is 0 Å². The molecule has 1 atom stereocenters. The van der Waals surface area contributed by atoms with E-state index in [0.29, 0.717) is 0 Å². The van der Waals surface area contributed by atoms with Crippen molar-refractivity contribution in [1.29, 1.82) is 0 Å². The van der Waals surface area contributed by atoms with Crippen molar-refractivity contribution in [3.05, 3.63) is 60.7 Å². The summed E-state index contributed by atoms with van der Waals surface area (Å²) in [5.74, 6) is 0. The summed E-state index contributed by atoms with van der Waals surface area (Å²) in [6.45, 7) is 4.04. The van der Waals surface area contributed by atoms with E-state index in [2.05, 4.69) is 63.3 Å². The van der Waals surface area contributed by atoms with E-state index in [9.17, 15) is 0 Å². The molecule has 0 amide bonds. The van der Waals surface area contributed by atoms with Crippen molar-refractivity contribution in [2.24, 2.45) is 0 Å². The van der Waals surface area contributed by atoms with Gasteiger partial charge in [0.15, 0.2) is 0 Å². The lowest BCUT2D eigenvalue weighted by atomic mass is 9.96. The smallest absolute Gasteiger partial charge is 0.101 e. The normalized spacial score (nSPS) is 16.9. The molecule has 3 aromatic heterocycles. The Morgan fingerprint density at radius 1 is 1.08 bits per heavy atom. The Labute approximate surface area is 145 Å². The molecule has 0 aliphatic carbocycles. The molecule has 0 bridgehead atoms. The molecular weight excluding hydrogens is 310 g/mol. The van der Waals surface area contributed by atoms with Crippen LogP contribution in [0, 0.1) is 0 Å². The summed E-state index contributed by atoms with van der Waals surface area (Å²) in [6, 6.07) is 13.0. The van der Waals surface area contributed by atoms with E-state index in [1.165, 1.54) is 16.6 Å². The summed E-state index contributed by atoms with van der Waals surface area (Å²) < 4.78 is 2.16. The Hall–Kier alpha value is -2.92. The molecular formula is C20H19N5. The summed E-state index contributed by atoms with van der Waals surface area (Å²) in [5.41, 5.74) is 6.92. The van der Waals surface area contributed by atoms with Crippen molar-refractivity contribution in [2.45, 2.75) is 19.5 Å². The van der Waals surface area contributed by atoms with Crippen LogP contribution in [0.3, 0.4) is 0 Å². The minimum Gasteiger partial charge on any atom is -0.361 e. The number of rotatable bonds is 2. The molecule has 0 radical (unpaired) electrons. The number of hydrogen-bond acceptors (Lipinski definition) is 3. The summed E-state index contributed by atoms with van der Waals surface area (Å²) in [6.07, 6.45) is 5.67. The predicted molar refractivity (Wildman–Crippen MR) is 99.2 cm³/mol.